The zero-order chi connectivity index (χ0) is 19.5. The third kappa shape index (κ3) is 3.64. The van der Waals surface area contributed by atoms with Crippen LogP contribution in [0.25, 0.3) is 16.7 Å². The maximum Gasteiger partial charge on any atom is 0.168 e. The van der Waals surface area contributed by atoms with Gasteiger partial charge in [0, 0.05) is 17.2 Å². The number of fused-ring (bicyclic) bond motifs is 1. The van der Waals surface area contributed by atoms with Crippen LogP contribution in [0.2, 0.25) is 0 Å². The molecule has 0 saturated carbocycles. The first kappa shape index (κ1) is 18.3. The van der Waals surface area contributed by atoms with Gasteiger partial charge in [-0.15, -0.1) is 11.3 Å². The number of rotatable bonds is 6. The number of benzene rings is 1. The van der Waals surface area contributed by atoms with Gasteiger partial charge < -0.3 is 4.74 Å². The number of anilines is 1. The molecule has 3 heterocycles. The van der Waals surface area contributed by atoms with Crippen LogP contribution in [-0.2, 0) is 10.8 Å². The van der Waals surface area contributed by atoms with Gasteiger partial charge in [-0.05, 0) is 24.3 Å². The van der Waals surface area contributed by atoms with Crippen LogP contribution in [0.5, 0.6) is 5.75 Å². The molecular weight excluding hydrogens is 396 g/mol. The van der Waals surface area contributed by atoms with Gasteiger partial charge in [-0.25, -0.2) is 14.6 Å². The van der Waals surface area contributed by atoms with E-state index in [0.29, 0.717) is 11.5 Å². The van der Waals surface area contributed by atoms with Crippen molar-refractivity contribution in [3.8, 4) is 11.4 Å². The molecule has 1 aromatic carbocycles. The molecular formula is C18H16N6O2S2. The van der Waals surface area contributed by atoms with Gasteiger partial charge in [-0.2, -0.15) is 10.2 Å². The lowest BCUT2D eigenvalue weighted by molar-refractivity contribution is 0.414. The summed E-state index contributed by atoms with van der Waals surface area (Å²) < 4.78 is 19.3. The molecule has 0 radical (unpaired) electrons. The van der Waals surface area contributed by atoms with Crippen LogP contribution in [0.3, 0.4) is 0 Å². The van der Waals surface area contributed by atoms with Crippen LogP contribution in [-0.4, -0.2) is 43.5 Å². The van der Waals surface area contributed by atoms with Crippen LogP contribution in [0, 0.1) is 0 Å². The number of nitrogens with one attached hydrogen (secondary N) is 1. The van der Waals surface area contributed by atoms with Crippen molar-refractivity contribution < 1.29 is 8.95 Å². The fourth-order valence-corrected chi connectivity index (χ4v) is 4.21. The minimum atomic E-state index is -0.990. The second-order valence-corrected chi connectivity index (χ2v) is 8.42. The van der Waals surface area contributed by atoms with E-state index in [9.17, 15) is 4.21 Å². The average molecular weight is 413 g/mol. The molecule has 0 fully saturated rings. The molecule has 1 N–H and O–H groups in total. The van der Waals surface area contributed by atoms with Gasteiger partial charge in [-0.3, -0.25) is 9.63 Å². The Labute approximate surface area is 167 Å². The van der Waals surface area contributed by atoms with E-state index in [1.807, 2.05) is 36.4 Å². The van der Waals surface area contributed by atoms with Crippen LogP contribution in [0.1, 0.15) is 4.88 Å². The maximum absolute atomic E-state index is 11.5. The minimum Gasteiger partial charge on any atom is -0.497 e. The van der Waals surface area contributed by atoms with Gasteiger partial charge in [0.15, 0.2) is 11.5 Å². The van der Waals surface area contributed by atoms with Gasteiger partial charge >= 0.3 is 0 Å². The smallest absolute Gasteiger partial charge is 0.168 e. The van der Waals surface area contributed by atoms with E-state index in [2.05, 4.69) is 25.6 Å². The second-order valence-electron chi connectivity index (χ2n) is 5.70. The predicted molar refractivity (Wildman–Crippen MR) is 111 cm³/mol. The molecule has 0 amide bonds. The highest BCUT2D eigenvalue weighted by atomic mass is 32.2. The van der Waals surface area contributed by atoms with Crippen molar-refractivity contribution in [2.24, 2.45) is 5.10 Å². The SMILES string of the molecule is COc1cccc(-n2ncc3c(N/N=C/c4ccc(S(C)=O)s4)ncnc32)c1. The highest BCUT2D eigenvalue weighted by Gasteiger charge is 2.11. The zero-order valence-corrected chi connectivity index (χ0v) is 16.7. The Hall–Kier alpha value is -3.11. The van der Waals surface area contributed by atoms with Crippen molar-refractivity contribution >= 4 is 45.2 Å². The van der Waals surface area contributed by atoms with E-state index in [4.69, 9.17) is 4.74 Å². The second kappa shape index (κ2) is 7.87. The Morgan fingerprint density at radius 2 is 2.18 bits per heavy atom. The lowest BCUT2D eigenvalue weighted by atomic mass is 10.3. The van der Waals surface area contributed by atoms with Crippen LogP contribution < -0.4 is 10.2 Å². The molecule has 4 rings (SSSR count). The molecule has 0 bridgehead atoms. The molecule has 1 unspecified atom stereocenters. The Morgan fingerprint density at radius 1 is 1.29 bits per heavy atom. The van der Waals surface area contributed by atoms with Gasteiger partial charge in [0.25, 0.3) is 0 Å². The van der Waals surface area contributed by atoms with Crippen molar-refractivity contribution in [1.82, 2.24) is 19.7 Å². The Kier molecular flexibility index (Phi) is 5.13. The molecule has 0 saturated heterocycles. The van der Waals surface area contributed by atoms with E-state index in [-0.39, 0.29) is 0 Å². The lowest BCUT2D eigenvalue weighted by Crippen LogP contribution is -1.99. The van der Waals surface area contributed by atoms with Gasteiger partial charge in [0.1, 0.15) is 12.1 Å². The largest absolute Gasteiger partial charge is 0.497 e. The quantitative estimate of drug-likeness (QED) is 0.386. The third-order valence-corrected chi connectivity index (χ3v) is 6.38. The van der Waals surface area contributed by atoms with Crippen molar-refractivity contribution in [3.05, 3.63) is 53.8 Å². The number of hydrogen-bond donors (Lipinski definition) is 1. The number of thiophene rings is 1. The summed E-state index contributed by atoms with van der Waals surface area (Å²) >= 11 is 1.43. The molecule has 8 nitrogen and oxygen atoms in total. The highest BCUT2D eigenvalue weighted by Crippen LogP contribution is 2.24. The van der Waals surface area contributed by atoms with Crippen molar-refractivity contribution in [1.29, 1.82) is 0 Å². The minimum absolute atomic E-state index is 0.547. The first-order valence-corrected chi connectivity index (χ1v) is 10.6. The lowest BCUT2D eigenvalue weighted by Gasteiger charge is -2.06. The van der Waals surface area contributed by atoms with Crippen molar-refractivity contribution in [2.75, 3.05) is 18.8 Å². The molecule has 0 aliphatic rings. The Bertz CT molecular complexity index is 1180. The topological polar surface area (TPSA) is 94.3 Å². The molecule has 1 atom stereocenters. The summed E-state index contributed by atoms with van der Waals surface area (Å²) in [6.07, 6.45) is 6.47. The van der Waals surface area contributed by atoms with E-state index in [1.54, 1.807) is 30.5 Å². The zero-order valence-electron chi connectivity index (χ0n) is 15.1. The summed E-state index contributed by atoms with van der Waals surface area (Å²) in [6, 6.07) is 11.3. The normalized spacial score (nSPS) is 12.5. The summed E-state index contributed by atoms with van der Waals surface area (Å²) in [6.45, 7) is 0. The Balaban J connectivity index is 1.61. The van der Waals surface area contributed by atoms with Gasteiger partial charge in [0.05, 0.1) is 45.6 Å². The number of methoxy groups -OCH3 is 1. The van der Waals surface area contributed by atoms with Crippen LogP contribution >= 0.6 is 11.3 Å². The fourth-order valence-electron chi connectivity index (χ4n) is 2.58. The summed E-state index contributed by atoms with van der Waals surface area (Å²) in [5.41, 5.74) is 4.42. The summed E-state index contributed by atoms with van der Waals surface area (Å²) in [5, 5.41) is 9.40. The summed E-state index contributed by atoms with van der Waals surface area (Å²) in [5.74, 6) is 1.28. The van der Waals surface area contributed by atoms with Gasteiger partial charge in [-0.1, -0.05) is 6.07 Å². The highest BCUT2D eigenvalue weighted by molar-refractivity contribution is 7.86. The average Bonchev–Trinajstić information content (AvgIpc) is 3.36. The standard InChI is InChI=1S/C18H16N6O2S2/c1-26-13-5-3-4-12(8-13)24-18-15(10-22-24)17(19-11-20-18)23-21-9-14-6-7-16(27-14)28(2)25/h3-11H,1-2H3,(H,19,20,23)/b21-9+. The summed E-state index contributed by atoms with van der Waals surface area (Å²) in [7, 11) is 0.632. The number of aromatic nitrogens is 4. The fraction of sp³-hybridized carbons (Fsp3) is 0.111. The van der Waals surface area contributed by atoms with Crippen LogP contribution in [0.4, 0.5) is 5.82 Å². The third-order valence-electron chi connectivity index (χ3n) is 3.91. The monoisotopic (exact) mass is 412 g/mol. The molecule has 0 aliphatic carbocycles. The first-order chi connectivity index (χ1) is 13.7. The number of hydrazone groups is 1. The molecule has 0 aliphatic heterocycles. The number of hydrogen-bond acceptors (Lipinski definition) is 8. The number of nitrogens with zero attached hydrogens (tertiary/aromatic N) is 5. The van der Waals surface area contributed by atoms with Crippen molar-refractivity contribution in [2.45, 2.75) is 4.21 Å². The van der Waals surface area contributed by atoms with Crippen LogP contribution in [0.15, 0.2) is 58.2 Å². The molecule has 4 aromatic rings. The number of ether oxygens (including phenoxy) is 1. The summed E-state index contributed by atoms with van der Waals surface area (Å²) in [4.78, 5) is 9.50. The van der Waals surface area contributed by atoms with E-state index in [1.165, 1.54) is 17.7 Å². The molecule has 0 spiro atoms. The van der Waals surface area contributed by atoms with Crippen molar-refractivity contribution in [3.63, 3.8) is 0 Å². The Morgan fingerprint density at radius 3 is 2.96 bits per heavy atom. The maximum atomic E-state index is 11.5. The molecule has 142 valence electrons. The first-order valence-electron chi connectivity index (χ1n) is 8.21. The molecule has 10 heteroatoms. The van der Waals surface area contributed by atoms with E-state index in [0.717, 1.165) is 25.9 Å². The molecule has 3 aromatic heterocycles. The molecule has 28 heavy (non-hydrogen) atoms. The van der Waals surface area contributed by atoms with E-state index >= 15 is 0 Å². The predicted octanol–water partition coefficient (Wildman–Crippen LogP) is 3.07. The van der Waals surface area contributed by atoms with E-state index < -0.39 is 10.8 Å². The van der Waals surface area contributed by atoms with Gasteiger partial charge in [0.2, 0.25) is 0 Å².